The summed E-state index contributed by atoms with van der Waals surface area (Å²) in [7, 11) is 0. The number of benzene rings is 2. The zero-order valence-electron chi connectivity index (χ0n) is 13.2. The second kappa shape index (κ2) is 7.84. The molecule has 2 aromatic rings. The van der Waals surface area contributed by atoms with Gasteiger partial charge in [-0.25, -0.2) is 0 Å². The van der Waals surface area contributed by atoms with Gasteiger partial charge in [-0.15, -0.1) is 0 Å². The molecule has 0 radical (unpaired) electrons. The van der Waals surface area contributed by atoms with Crippen molar-refractivity contribution in [1.29, 1.82) is 0 Å². The van der Waals surface area contributed by atoms with E-state index in [1.807, 2.05) is 24.3 Å². The monoisotopic (exact) mass is 283 g/mol. The first-order valence-electron chi connectivity index (χ1n) is 7.76. The fraction of sp³-hybridized carbons (Fsp3) is 0.368. The van der Waals surface area contributed by atoms with Crippen LogP contribution in [0.3, 0.4) is 0 Å². The minimum Gasteiger partial charge on any atom is -0.457 e. The van der Waals surface area contributed by atoms with Gasteiger partial charge in [0.15, 0.2) is 0 Å². The Bertz CT molecular complexity index is 546. The molecule has 2 aromatic carbocycles. The standard InChI is InChI=1S/C19H25NO/c1-4-12-20-14-16-6-5-7-19(13-16)21-18-10-8-17(9-11-18)15(2)3/h5-11,13,15,20H,4,12,14H2,1-3H3. The highest BCUT2D eigenvalue weighted by Gasteiger charge is 2.02. The Labute approximate surface area is 128 Å². The molecule has 0 aliphatic rings. The van der Waals surface area contributed by atoms with Crippen LogP contribution in [-0.2, 0) is 6.54 Å². The molecule has 0 saturated carbocycles. The Morgan fingerprint density at radius 3 is 2.43 bits per heavy atom. The third kappa shape index (κ3) is 4.91. The fourth-order valence-corrected chi connectivity index (χ4v) is 2.19. The molecule has 2 heteroatoms. The molecule has 0 aliphatic carbocycles. The maximum absolute atomic E-state index is 5.93. The van der Waals surface area contributed by atoms with Crippen molar-refractivity contribution in [2.75, 3.05) is 6.54 Å². The van der Waals surface area contributed by atoms with E-state index in [2.05, 4.69) is 50.4 Å². The van der Waals surface area contributed by atoms with Gasteiger partial charge < -0.3 is 10.1 Å². The normalized spacial score (nSPS) is 10.9. The predicted molar refractivity (Wildman–Crippen MR) is 89.0 cm³/mol. The fourth-order valence-electron chi connectivity index (χ4n) is 2.19. The quantitative estimate of drug-likeness (QED) is 0.714. The molecule has 21 heavy (non-hydrogen) atoms. The smallest absolute Gasteiger partial charge is 0.127 e. The molecule has 2 nitrogen and oxygen atoms in total. The maximum Gasteiger partial charge on any atom is 0.127 e. The van der Waals surface area contributed by atoms with E-state index in [-0.39, 0.29) is 0 Å². The maximum atomic E-state index is 5.93. The Hall–Kier alpha value is -1.80. The molecule has 0 spiro atoms. The van der Waals surface area contributed by atoms with Crippen molar-refractivity contribution in [1.82, 2.24) is 5.32 Å². The average Bonchev–Trinajstić information content (AvgIpc) is 2.48. The lowest BCUT2D eigenvalue weighted by molar-refractivity contribution is 0.481. The molecule has 112 valence electrons. The van der Waals surface area contributed by atoms with Crippen LogP contribution in [0.4, 0.5) is 0 Å². The van der Waals surface area contributed by atoms with Crippen molar-refractivity contribution in [2.24, 2.45) is 0 Å². The highest BCUT2D eigenvalue weighted by Crippen LogP contribution is 2.24. The van der Waals surface area contributed by atoms with Gasteiger partial charge in [0.1, 0.15) is 11.5 Å². The molecular weight excluding hydrogens is 258 g/mol. The van der Waals surface area contributed by atoms with Gasteiger partial charge in [0, 0.05) is 6.54 Å². The summed E-state index contributed by atoms with van der Waals surface area (Å²) in [6.07, 6.45) is 1.15. The minimum atomic E-state index is 0.548. The number of rotatable bonds is 7. The van der Waals surface area contributed by atoms with E-state index in [1.54, 1.807) is 0 Å². The van der Waals surface area contributed by atoms with Crippen LogP contribution >= 0.6 is 0 Å². The van der Waals surface area contributed by atoms with Crippen molar-refractivity contribution in [3.05, 3.63) is 59.7 Å². The topological polar surface area (TPSA) is 21.3 Å². The third-order valence-electron chi connectivity index (χ3n) is 3.44. The van der Waals surface area contributed by atoms with Crippen LogP contribution in [0.1, 0.15) is 44.2 Å². The van der Waals surface area contributed by atoms with Crippen LogP contribution in [0, 0.1) is 0 Å². The highest BCUT2D eigenvalue weighted by molar-refractivity contribution is 5.35. The van der Waals surface area contributed by atoms with E-state index in [0.29, 0.717) is 5.92 Å². The number of nitrogens with one attached hydrogen (secondary N) is 1. The minimum absolute atomic E-state index is 0.548. The number of hydrogen-bond donors (Lipinski definition) is 1. The lowest BCUT2D eigenvalue weighted by atomic mass is 10.0. The van der Waals surface area contributed by atoms with E-state index in [0.717, 1.165) is 31.0 Å². The van der Waals surface area contributed by atoms with Crippen LogP contribution in [0.2, 0.25) is 0 Å². The van der Waals surface area contributed by atoms with Gasteiger partial charge in [-0.1, -0.05) is 45.0 Å². The summed E-state index contributed by atoms with van der Waals surface area (Å²) in [6.45, 7) is 8.50. The molecule has 0 unspecified atom stereocenters. The summed E-state index contributed by atoms with van der Waals surface area (Å²) in [5.74, 6) is 2.33. The molecule has 0 atom stereocenters. The van der Waals surface area contributed by atoms with Gasteiger partial charge in [0.05, 0.1) is 0 Å². The second-order valence-electron chi connectivity index (χ2n) is 5.65. The van der Waals surface area contributed by atoms with E-state index >= 15 is 0 Å². The lowest BCUT2D eigenvalue weighted by Crippen LogP contribution is -2.13. The highest BCUT2D eigenvalue weighted by atomic mass is 16.5. The molecule has 0 aromatic heterocycles. The second-order valence-corrected chi connectivity index (χ2v) is 5.65. The molecule has 1 N–H and O–H groups in total. The largest absolute Gasteiger partial charge is 0.457 e. The molecule has 0 amide bonds. The summed E-state index contributed by atoms with van der Waals surface area (Å²) >= 11 is 0. The zero-order valence-corrected chi connectivity index (χ0v) is 13.2. The van der Waals surface area contributed by atoms with Crippen LogP contribution in [-0.4, -0.2) is 6.54 Å². The molecule has 0 bridgehead atoms. The van der Waals surface area contributed by atoms with E-state index in [4.69, 9.17) is 4.74 Å². The molecular formula is C19H25NO. The average molecular weight is 283 g/mol. The van der Waals surface area contributed by atoms with Crippen molar-refractivity contribution < 1.29 is 4.74 Å². The molecule has 0 aliphatic heterocycles. The number of hydrogen-bond acceptors (Lipinski definition) is 2. The van der Waals surface area contributed by atoms with Crippen LogP contribution in [0.25, 0.3) is 0 Å². The molecule has 0 fully saturated rings. The van der Waals surface area contributed by atoms with Gasteiger partial charge >= 0.3 is 0 Å². The van der Waals surface area contributed by atoms with E-state index in [1.165, 1.54) is 11.1 Å². The Morgan fingerprint density at radius 1 is 1.00 bits per heavy atom. The summed E-state index contributed by atoms with van der Waals surface area (Å²) in [5, 5.41) is 3.41. The first-order chi connectivity index (χ1) is 10.2. The molecule has 2 rings (SSSR count). The Kier molecular flexibility index (Phi) is 5.82. The third-order valence-corrected chi connectivity index (χ3v) is 3.44. The summed E-state index contributed by atoms with van der Waals surface area (Å²) < 4.78 is 5.93. The van der Waals surface area contributed by atoms with Gasteiger partial charge in [0.2, 0.25) is 0 Å². The Morgan fingerprint density at radius 2 is 1.76 bits per heavy atom. The zero-order chi connectivity index (χ0) is 15.1. The van der Waals surface area contributed by atoms with Crippen LogP contribution < -0.4 is 10.1 Å². The van der Waals surface area contributed by atoms with E-state index in [9.17, 15) is 0 Å². The number of ether oxygens (including phenoxy) is 1. The summed E-state index contributed by atoms with van der Waals surface area (Å²) in [4.78, 5) is 0. The van der Waals surface area contributed by atoms with E-state index < -0.39 is 0 Å². The van der Waals surface area contributed by atoms with Gasteiger partial charge in [-0.2, -0.15) is 0 Å². The first kappa shape index (κ1) is 15.6. The Balaban J connectivity index is 2.00. The van der Waals surface area contributed by atoms with Crippen molar-refractivity contribution in [3.8, 4) is 11.5 Å². The summed E-state index contributed by atoms with van der Waals surface area (Å²) in [5.41, 5.74) is 2.58. The first-order valence-corrected chi connectivity index (χ1v) is 7.76. The van der Waals surface area contributed by atoms with Crippen LogP contribution in [0.15, 0.2) is 48.5 Å². The van der Waals surface area contributed by atoms with Crippen molar-refractivity contribution in [3.63, 3.8) is 0 Å². The molecule has 0 heterocycles. The van der Waals surface area contributed by atoms with Crippen LogP contribution in [0.5, 0.6) is 11.5 Å². The van der Waals surface area contributed by atoms with Gasteiger partial charge in [-0.3, -0.25) is 0 Å². The van der Waals surface area contributed by atoms with Crippen molar-refractivity contribution >= 4 is 0 Å². The van der Waals surface area contributed by atoms with Gasteiger partial charge in [-0.05, 0) is 54.3 Å². The predicted octanol–water partition coefficient (Wildman–Crippen LogP) is 5.10. The summed E-state index contributed by atoms with van der Waals surface area (Å²) in [6, 6.07) is 16.6. The lowest BCUT2D eigenvalue weighted by Gasteiger charge is -2.10. The molecule has 0 saturated heterocycles. The van der Waals surface area contributed by atoms with Gasteiger partial charge in [0.25, 0.3) is 0 Å². The SMILES string of the molecule is CCCNCc1cccc(Oc2ccc(C(C)C)cc2)c1. The van der Waals surface area contributed by atoms with Crippen molar-refractivity contribution in [2.45, 2.75) is 39.7 Å².